The summed E-state index contributed by atoms with van der Waals surface area (Å²) in [6.07, 6.45) is 3.06. The van der Waals surface area contributed by atoms with Gasteiger partial charge in [-0.2, -0.15) is 0 Å². The number of alkyl carbamates (subject to hydrolysis) is 1. The Morgan fingerprint density at radius 2 is 1.64 bits per heavy atom. The number of amides is 3. The van der Waals surface area contributed by atoms with Crippen LogP contribution in [0.15, 0.2) is 60.7 Å². The molecule has 0 radical (unpaired) electrons. The van der Waals surface area contributed by atoms with Gasteiger partial charge in [-0.15, -0.1) is 0 Å². The van der Waals surface area contributed by atoms with Crippen molar-refractivity contribution in [3.05, 3.63) is 71.8 Å². The smallest absolute Gasteiger partial charge is 0.407 e. The SMILES string of the molecule is CC(C)C[C@@H](C)CC(=S)[C@H](Cc1ccccc1)NC(=O)[C@@H]1CCCN1C(=O)CNC(=O)OCc1ccccc1. The van der Waals surface area contributed by atoms with Crippen LogP contribution >= 0.6 is 12.2 Å². The number of carbonyl (C=O) groups excluding carboxylic acids is 3. The standard InChI is InChI=1S/C31H41N3O4S/c1-22(2)17-23(3)18-28(39)26(19-24-11-6-4-7-12-24)33-30(36)27-15-10-16-34(27)29(35)20-32-31(37)38-21-25-13-8-5-9-14-25/h4-9,11-14,22-23,26-27H,10,15-21H2,1-3H3,(H,32,37)(H,33,36)/t23-,26+,27+/m1/s1. The van der Waals surface area contributed by atoms with Gasteiger partial charge in [-0.05, 0) is 55.1 Å². The molecule has 39 heavy (non-hydrogen) atoms. The van der Waals surface area contributed by atoms with Crippen LogP contribution in [-0.4, -0.2) is 52.8 Å². The number of rotatable bonds is 13. The Labute approximate surface area is 237 Å². The molecule has 2 N–H and O–H groups in total. The molecule has 3 rings (SSSR count). The molecule has 3 atom stereocenters. The summed E-state index contributed by atoms with van der Waals surface area (Å²) in [6.45, 7) is 6.96. The number of carbonyl (C=O) groups is 3. The zero-order valence-corrected chi connectivity index (χ0v) is 24.0. The highest BCUT2D eigenvalue weighted by molar-refractivity contribution is 7.80. The molecule has 0 unspecified atom stereocenters. The lowest BCUT2D eigenvalue weighted by Gasteiger charge is -2.28. The fourth-order valence-corrected chi connectivity index (χ4v) is 5.52. The lowest BCUT2D eigenvalue weighted by Crippen LogP contribution is -2.52. The average molecular weight is 552 g/mol. The summed E-state index contributed by atoms with van der Waals surface area (Å²) in [4.78, 5) is 40.9. The minimum absolute atomic E-state index is 0.119. The average Bonchev–Trinajstić information content (AvgIpc) is 3.41. The summed E-state index contributed by atoms with van der Waals surface area (Å²) < 4.78 is 5.19. The number of nitrogens with zero attached hydrogens (tertiary/aromatic N) is 1. The number of hydrogen-bond acceptors (Lipinski definition) is 5. The topological polar surface area (TPSA) is 87.7 Å². The molecule has 2 aromatic carbocycles. The van der Waals surface area contributed by atoms with Crippen molar-refractivity contribution >= 4 is 35.0 Å². The second-order valence-electron chi connectivity index (χ2n) is 10.8. The third kappa shape index (κ3) is 10.1. The minimum atomic E-state index is -0.670. The summed E-state index contributed by atoms with van der Waals surface area (Å²) in [5.41, 5.74) is 1.95. The largest absolute Gasteiger partial charge is 0.445 e. The van der Waals surface area contributed by atoms with Crippen LogP contribution in [0.3, 0.4) is 0 Å². The van der Waals surface area contributed by atoms with E-state index < -0.39 is 12.1 Å². The third-order valence-electron chi connectivity index (χ3n) is 6.88. The molecule has 1 saturated heterocycles. The minimum Gasteiger partial charge on any atom is -0.445 e. The molecule has 3 amide bonds. The Morgan fingerprint density at radius 3 is 2.28 bits per heavy atom. The van der Waals surface area contributed by atoms with E-state index in [2.05, 4.69) is 31.4 Å². The van der Waals surface area contributed by atoms with Crippen LogP contribution in [0.2, 0.25) is 0 Å². The van der Waals surface area contributed by atoms with Crippen LogP contribution in [0.25, 0.3) is 0 Å². The number of hydrogen-bond donors (Lipinski definition) is 2. The van der Waals surface area contributed by atoms with Gasteiger partial charge in [0.1, 0.15) is 19.2 Å². The maximum atomic E-state index is 13.4. The first-order valence-corrected chi connectivity index (χ1v) is 14.2. The molecule has 0 aliphatic carbocycles. The maximum absolute atomic E-state index is 13.4. The van der Waals surface area contributed by atoms with Crippen LogP contribution in [0, 0.1) is 11.8 Å². The van der Waals surface area contributed by atoms with E-state index in [0.717, 1.165) is 35.3 Å². The Balaban J connectivity index is 1.57. The zero-order chi connectivity index (χ0) is 28.2. The predicted molar refractivity (Wildman–Crippen MR) is 157 cm³/mol. The van der Waals surface area contributed by atoms with E-state index in [-0.39, 0.29) is 31.0 Å². The lowest BCUT2D eigenvalue weighted by molar-refractivity contribution is -0.137. The molecule has 1 aliphatic rings. The normalized spacial score (nSPS) is 16.4. The van der Waals surface area contributed by atoms with Gasteiger partial charge in [0.25, 0.3) is 0 Å². The van der Waals surface area contributed by atoms with Gasteiger partial charge in [0.2, 0.25) is 11.8 Å². The highest BCUT2D eigenvalue weighted by Gasteiger charge is 2.35. The van der Waals surface area contributed by atoms with Crippen molar-refractivity contribution in [1.82, 2.24) is 15.5 Å². The summed E-state index contributed by atoms with van der Waals surface area (Å²) in [5, 5.41) is 5.68. The second kappa shape index (κ2) is 15.4. The molecule has 1 fully saturated rings. The molecule has 210 valence electrons. The summed E-state index contributed by atoms with van der Waals surface area (Å²) >= 11 is 5.85. The van der Waals surface area contributed by atoms with Crippen LogP contribution in [0.1, 0.15) is 57.6 Å². The van der Waals surface area contributed by atoms with Crippen LogP contribution in [-0.2, 0) is 27.4 Å². The maximum Gasteiger partial charge on any atom is 0.407 e. The molecule has 0 saturated carbocycles. The van der Waals surface area contributed by atoms with Crippen molar-refractivity contribution in [2.24, 2.45) is 11.8 Å². The first kappa shape index (κ1) is 30.3. The number of nitrogens with one attached hydrogen (secondary N) is 2. The number of ether oxygens (including phenoxy) is 1. The zero-order valence-electron chi connectivity index (χ0n) is 23.2. The molecule has 8 heteroatoms. The summed E-state index contributed by atoms with van der Waals surface area (Å²) in [5.74, 6) is 0.488. The molecule has 7 nitrogen and oxygen atoms in total. The summed E-state index contributed by atoms with van der Waals surface area (Å²) in [7, 11) is 0. The van der Waals surface area contributed by atoms with Crippen molar-refractivity contribution in [1.29, 1.82) is 0 Å². The van der Waals surface area contributed by atoms with Gasteiger partial charge < -0.3 is 20.3 Å². The summed E-state index contributed by atoms with van der Waals surface area (Å²) in [6, 6.07) is 18.4. The molecule has 1 heterocycles. The Hall–Kier alpha value is -3.26. The Kier molecular flexibility index (Phi) is 11.9. The van der Waals surface area contributed by atoms with E-state index >= 15 is 0 Å². The fourth-order valence-electron chi connectivity index (χ4n) is 5.10. The highest BCUT2D eigenvalue weighted by Crippen LogP contribution is 2.20. The number of thiocarbonyl (C=S) groups is 1. The monoisotopic (exact) mass is 551 g/mol. The van der Waals surface area contributed by atoms with Gasteiger partial charge in [-0.3, -0.25) is 9.59 Å². The molecule has 2 aromatic rings. The number of likely N-dealkylation sites (tertiary alicyclic amines) is 1. The second-order valence-corrected chi connectivity index (χ2v) is 11.3. The van der Waals surface area contributed by atoms with Gasteiger partial charge in [0, 0.05) is 11.4 Å². The predicted octanol–water partition coefficient (Wildman–Crippen LogP) is 5.07. The lowest BCUT2D eigenvalue weighted by atomic mass is 9.91. The van der Waals surface area contributed by atoms with Crippen molar-refractivity contribution in [2.75, 3.05) is 13.1 Å². The van der Waals surface area contributed by atoms with Crippen LogP contribution < -0.4 is 10.6 Å². The molecule has 0 spiro atoms. The van der Waals surface area contributed by atoms with E-state index in [0.29, 0.717) is 31.2 Å². The quantitative estimate of drug-likeness (QED) is 0.339. The van der Waals surface area contributed by atoms with Crippen LogP contribution in [0.5, 0.6) is 0 Å². The van der Waals surface area contributed by atoms with Crippen molar-refractivity contribution < 1.29 is 19.1 Å². The molecule has 0 aromatic heterocycles. The molecule has 1 aliphatic heterocycles. The molecular formula is C31H41N3O4S. The third-order valence-corrected chi connectivity index (χ3v) is 7.33. The van der Waals surface area contributed by atoms with E-state index in [4.69, 9.17) is 17.0 Å². The van der Waals surface area contributed by atoms with Gasteiger partial charge in [-0.25, -0.2) is 4.79 Å². The highest BCUT2D eigenvalue weighted by atomic mass is 32.1. The van der Waals surface area contributed by atoms with Crippen molar-refractivity contribution in [2.45, 2.75) is 71.6 Å². The van der Waals surface area contributed by atoms with Gasteiger partial charge in [0.05, 0.1) is 6.04 Å². The van der Waals surface area contributed by atoms with Crippen molar-refractivity contribution in [3.8, 4) is 0 Å². The molecule has 0 bridgehead atoms. The van der Waals surface area contributed by atoms with E-state index in [1.165, 1.54) is 0 Å². The van der Waals surface area contributed by atoms with Gasteiger partial charge >= 0.3 is 6.09 Å². The first-order chi connectivity index (χ1) is 18.7. The van der Waals surface area contributed by atoms with E-state index in [1.54, 1.807) is 4.90 Å². The molecular weight excluding hydrogens is 510 g/mol. The Bertz CT molecular complexity index is 1090. The Morgan fingerprint density at radius 1 is 1.00 bits per heavy atom. The van der Waals surface area contributed by atoms with Crippen LogP contribution in [0.4, 0.5) is 4.79 Å². The fraction of sp³-hybridized carbons (Fsp3) is 0.484. The van der Waals surface area contributed by atoms with E-state index in [1.807, 2.05) is 60.7 Å². The van der Waals surface area contributed by atoms with Gasteiger partial charge in [-0.1, -0.05) is 93.7 Å². The number of benzene rings is 2. The van der Waals surface area contributed by atoms with E-state index in [9.17, 15) is 14.4 Å². The first-order valence-electron chi connectivity index (χ1n) is 13.8. The van der Waals surface area contributed by atoms with Gasteiger partial charge in [0.15, 0.2) is 0 Å². The van der Waals surface area contributed by atoms with Crippen molar-refractivity contribution in [3.63, 3.8) is 0 Å².